The van der Waals surface area contributed by atoms with Gasteiger partial charge in [-0.1, -0.05) is 12.1 Å². The number of anilines is 2. The first-order valence-corrected chi connectivity index (χ1v) is 10.9. The van der Waals surface area contributed by atoms with Crippen molar-refractivity contribution in [3.8, 4) is 6.07 Å². The second kappa shape index (κ2) is 8.96. The average Bonchev–Trinajstić information content (AvgIpc) is 2.81. The first kappa shape index (κ1) is 24.1. The smallest absolute Gasteiger partial charge is 0.337 e. The number of aliphatic hydroxyl groups excluding tert-OH is 1. The third-order valence-electron chi connectivity index (χ3n) is 6.07. The first-order chi connectivity index (χ1) is 16.5. The summed E-state index contributed by atoms with van der Waals surface area (Å²) in [4.78, 5) is 30.7. The van der Waals surface area contributed by atoms with Gasteiger partial charge in [0, 0.05) is 30.4 Å². The van der Waals surface area contributed by atoms with E-state index in [1.807, 2.05) is 6.07 Å². The summed E-state index contributed by atoms with van der Waals surface area (Å²) in [6, 6.07) is 9.46. The quantitative estimate of drug-likeness (QED) is 0.505. The number of piperidine rings is 1. The van der Waals surface area contributed by atoms with Crippen molar-refractivity contribution in [2.24, 2.45) is 0 Å². The molecule has 1 aliphatic rings. The maximum Gasteiger partial charge on any atom is 0.337 e. The number of nitrogens with zero attached hydrogens (tertiary/aromatic N) is 4. The summed E-state index contributed by atoms with van der Waals surface area (Å²) >= 11 is 0. The van der Waals surface area contributed by atoms with Crippen LogP contribution in [0.3, 0.4) is 0 Å². The molecule has 35 heavy (non-hydrogen) atoms. The molecule has 3 heterocycles. The number of fused-ring (bicyclic) bond motifs is 1. The molecule has 2 aromatic heterocycles. The molecular formula is C24H23F2N5O4. The minimum absolute atomic E-state index is 0.0668. The summed E-state index contributed by atoms with van der Waals surface area (Å²) in [6.07, 6.45) is -1.09. The number of carbonyl (C=O) groups is 1. The zero-order chi connectivity index (χ0) is 25.5. The van der Waals surface area contributed by atoms with E-state index in [0.717, 1.165) is 0 Å². The Hall–Kier alpha value is -4.04. The van der Waals surface area contributed by atoms with E-state index < -0.39 is 42.6 Å². The highest BCUT2D eigenvalue weighted by atomic mass is 19.3. The molecule has 0 saturated carbocycles. The number of nitrogens with one attached hydrogen (secondary N) is 1. The van der Waals surface area contributed by atoms with Gasteiger partial charge in [0.2, 0.25) is 0 Å². The van der Waals surface area contributed by atoms with Crippen molar-refractivity contribution in [3.63, 3.8) is 0 Å². The van der Waals surface area contributed by atoms with E-state index in [2.05, 4.69) is 10.3 Å². The molecule has 1 aliphatic heterocycles. The van der Waals surface area contributed by atoms with E-state index >= 15 is 0 Å². The molecule has 1 aromatic carbocycles. The van der Waals surface area contributed by atoms with E-state index in [1.165, 1.54) is 21.6 Å². The monoisotopic (exact) mass is 483 g/mol. The molecule has 0 bridgehead atoms. The fraction of sp³-hybridized carbons (Fsp3) is 0.333. The summed E-state index contributed by atoms with van der Waals surface area (Å²) in [6.45, 7) is 2.85. The maximum absolute atomic E-state index is 13.8. The van der Waals surface area contributed by atoms with E-state index in [9.17, 15) is 33.8 Å². The number of hydrogen-bond donors (Lipinski definition) is 3. The fourth-order valence-corrected chi connectivity index (χ4v) is 4.22. The van der Waals surface area contributed by atoms with Crippen molar-refractivity contribution in [1.82, 2.24) is 9.38 Å². The molecule has 3 N–H and O–H groups in total. The largest absolute Gasteiger partial charge is 0.478 e. The number of pyridine rings is 1. The Labute approximate surface area is 198 Å². The summed E-state index contributed by atoms with van der Waals surface area (Å²) in [7, 11) is 0. The van der Waals surface area contributed by atoms with Crippen LogP contribution in [0.5, 0.6) is 0 Å². The van der Waals surface area contributed by atoms with Gasteiger partial charge in [-0.15, -0.1) is 0 Å². The van der Waals surface area contributed by atoms with Crippen molar-refractivity contribution in [1.29, 1.82) is 5.26 Å². The van der Waals surface area contributed by atoms with Crippen molar-refractivity contribution < 1.29 is 23.8 Å². The second-order valence-electron chi connectivity index (χ2n) is 8.58. The van der Waals surface area contributed by atoms with Gasteiger partial charge in [0.05, 0.1) is 18.2 Å². The van der Waals surface area contributed by atoms with Gasteiger partial charge in [-0.2, -0.15) is 5.26 Å². The lowest BCUT2D eigenvalue weighted by Crippen LogP contribution is -2.51. The van der Waals surface area contributed by atoms with Crippen LogP contribution in [0.1, 0.15) is 46.4 Å². The van der Waals surface area contributed by atoms with Crippen LogP contribution in [-0.4, -0.2) is 50.7 Å². The van der Waals surface area contributed by atoms with E-state index in [1.54, 1.807) is 38.1 Å². The van der Waals surface area contributed by atoms with Crippen LogP contribution in [-0.2, 0) is 0 Å². The standard InChI is InChI=1S/C24H23F2N5O4/c1-13-9-16(14(2)28-18-6-4-3-5-15(18)23(34)35)21-29-20(17(10-27)22(33)31(21)11-13)30-8-7-24(25,26)19(32)12-30/h3-6,9,11,14,19,28,32H,7-8,12H2,1-2H3,(H,34,35)/t14-,19?/m1/s1. The normalized spacial score (nSPS) is 18.2. The number of aromatic carboxylic acids is 1. The van der Waals surface area contributed by atoms with Gasteiger partial charge in [-0.05, 0) is 37.6 Å². The number of halogens is 2. The summed E-state index contributed by atoms with van der Waals surface area (Å²) in [5.41, 5.74) is 0.879. The minimum Gasteiger partial charge on any atom is -0.478 e. The number of carboxylic acids is 1. The van der Waals surface area contributed by atoms with Gasteiger partial charge in [0.25, 0.3) is 11.5 Å². The summed E-state index contributed by atoms with van der Waals surface area (Å²) in [5, 5.41) is 32.2. The Balaban J connectivity index is 1.84. The number of rotatable bonds is 5. The van der Waals surface area contributed by atoms with E-state index in [0.29, 0.717) is 16.8 Å². The van der Waals surface area contributed by atoms with Gasteiger partial charge in [-0.25, -0.2) is 18.6 Å². The third kappa shape index (κ3) is 4.40. The van der Waals surface area contributed by atoms with Gasteiger partial charge in [0.1, 0.15) is 17.8 Å². The maximum atomic E-state index is 13.8. The number of aliphatic hydroxyl groups is 1. The number of β-amino-alcohol motifs (C(OH)–C–C–N with tert-alkyl or cyclic N) is 1. The predicted octanol–water partition coefficient (Wildman–Crippen LogP) is 2.95. The van der Waals surface area contributed by atoms with Crippen LogP contribution >= 0.6 is 0 Å². The zero-order valence-electron chi connectivity index (χ0n) is 19.0. The number of aryl methyl sites for hydroxylation is 1. The SMILES string of the molecule is Cc1cc([C@@H](C)Nc2ccccc2C(=O)O)c2nc(N3CCC(F)(F)C(O)C3)c(C#N)c(=O)n2c1. The lowest BCUT2D eigenvalue weighted by atomic mass is 10.0. The highest BCUT2D eigenvalue weighted by Crippen LogP contribution is 2.32. The molecular weight excluding hydrogens is 460 g/mol. The van der Waals surface area contributed by atoms with E-state index in [4.69, 9.17) is 0 Å². The molecule has 9 nitrogen and oxygen atoms in total. The van der Waals surface area contributed by atoms with Crippen molar-refractivity contribution in [2.45, 2.75) is 38.3 Å². The Kier molecular flexibility index (Phi) is 6.17. The molecule has 0 amide bonds. The number of aromatic nitrogens is 2. The van der Waals surface area contributed by atoms with Crippen LogP contribution in [0.4, 0.5) is 20.3 Å². The van der Waals surface area contributed by atoms with Crippen LogP contribution in [0.25, 0.3) is 5.65 Å². The van der Waals surface area contributed by atoms with Crippen LogP contribution in [0, 0.1) is 18.3 Å². The van der Waals surface area contributed by atoms with Gasteiger partial charge in [-0.3, -0.25) is 9.20 Å². The molecule has 11 heteroatoms. The van der Waals surface area contributed by atoms with Crippen molar-refractivity contribution in [3.05, 3.63) is 69.1 Å². The Morgan fingerprint density at radius 2 is 2.09 bits per heavy atom. The Morgan fingerprint density at radius 1 is 1.37 bits per heavy atom. The molecule has 4 rings (SSSR count). The fourth-order valence-electron chi connectivity index (χ4n) is 4.22. The Bertz CT molecular complexity index is 1420. The second-order valence-corrected chi connectivity index (χ2v) is 8.58. The minimum atomic E-state index is -3.27. The summed E-state index contributed by atoms with van der Waals surface area (Å²) < 4.78 is 28.9. The molecule has 0 aliphatic carbocycles. The van der Waals surface area contributed by atoms with Crippen molar-refractivity contribution in [2.75, 3.05) is 23.3 Å². The lowest BCUT2D eigenvalue weighted by Gasteiger charge is -2.36. The molecule has 1 fully saturated rings. The summed E-state index contributed by atoms with van der Waals surface area (Å²) in [5.74, 6) is -4.45. The number of para-hydroxylation sites is 1. The highest BCUT2D eigenvalue weighted by Gasteiger charge is 2.44. The molecule has 3 aromatic rings. The zero-order valence-corrected chi connectivity index (χ0v) is 19.0. The number of carboxylic acid groups (broad SMARTS) is 1. The first-order valence-electron chi connectivity index (χ1n) is 10.9. The van der Waals surface area contributed by atoms with Crippen molar-refractivity contribution >= 4 is 23.1 Å². The van der Waals surface area contributed by atoms with Crippen LogP contribution < -0.4 is 15.8 Å². The molecule has 0 spiro atoms. The van der Waals surface area contributed by atoms with Gasteiger partial charge < -0.3 is 20.4 Å². The molecule has 0 radical (unpaired) electrons. The number of hydrogen-bond acceptors (Lipinski definition) is 7. The van der Waals surface area contributed by atoms with Crippen LogP contribution in [0.15, 0.2) is 41.3 Å². The predicted molar refractivity (Wildman–Crippen MR) is 124 cm³/mol. The lowest BCUT2D eigenvalue weighted by molar-refractivity contribution is -0.118. The molecule has 1 unspecified atom stereocenters. The topological polar surface area (TPSA) is 131 Å². The molecule has 2 atom stereocenters. The molecule has 182 valence electrons. The van der Waals surface area contributed by atoms with E-state index in [-0.39, 0.29) is 29.1 Å². The Morgan fingerprint density at radius 3 is 2.74 bits per heavy atom. The highest BCUT2D eigenvalue weighted by molar-refractivity contribution is 5.94. The van der Waals surface area contributed by atoms with Gasteiger partial charge >= 0.3 is 5.97 Å². The molecule has 1 saturated heterocycles. The van der Waals surface area contributed by atoms with Crippen LogP contribution in [0.2, 0.25) is 0 Å². The average molecular weight is 483 g/mol. The number of benzene rings is 1. The third-order valence-corrected chi connectivity index (χ3v) is 6.07. The number of nitriles is 1. The van der Waals surface area contributed by atoms with Gasteiger partial charge in [0.15, 0.2) is 11.4 Å². The number of alkyl halides is 2.